The summed E-state index contributed by atoms with van der Waals surface area (Å²) < 4.78 is 24.5. The number of ether oxygens (including phenoxy) is 4. The summed E-state index contributed by atoms with van der Waals surface area (Å²) in [5.41, 5.74) is 1.23. The standard InChI is InChI=1S/C26H33N3O7/c1-29(2)14-22(31)28-13-19-11-20-23(34-19)25(33-16-17-7-4-3-5-8-17)24(21(15-30)35-20)36-26(32)18-9-6-10-27-12-18/h3-10,12,19-21,23-25,30H,11,13-16H2,1-2H3,(H,28,31)/t19?,20-,21-,23+,24-,25-/m1/s1. The Labute approximate surface area is 210 Å². The molecule has 36 heavy (non-hydrogen) atoms. The molecule has 2 aromatic rings. The van der Waals surface area contributed by atoms with E-state index in [4.69, 9.17) is 18.9 Å². The van der Waals surface area contributed by atoms with E-state index in [1.807, 2.05) is 44.4 Å². The zero-order valence-corrected chi connectivity index (χ0v) is 20.5. The number of rotatable bonds is 10. The minimum Gasteiger partial charge on any atom is -0.453 e. The van der Waals surface area contributed by atoms with Crippen molar-refractivity contribution in [2.75, 3.05) is 33.8 Å². The molecule has 0 saturated carbocycles. The van der Waals surface area contributed by atoms with Crippen LogP contribution in [0.1, 0.15) is 22.3 Å². The van der Waals surface area contributed by atoms with Crippen molar-refractivity contribution < 1.29 is 33.6 Å². The van der Waals surface area contributed by atoms with Gasteiger partial charge in [0.15, 0.2) is 6.10 Å². The minimum absolute atomic E-state index is 0.104. The molecule has 0 bridgehead atoms. The molecule has 2 saturated heterocycles. The number of likely N-dealkylation sites (N-methyl/N-ethyl adjacent to an activating group) is 1. The molecule has 0 aliphatic carbocycles. The molecule has 10 heteroatoms. The van der Waals surface area contributed by atoms with E-state index in [-0.39, 0.29) is 43.4 Å². The monoisotopic (exact) mass is 499 g/mol. The Bertz CT molecular complexity index is 992. The third-order valence-electron chi connectivity index (χ3n) is 6.17. The van der Waals surface area contributed by atoms with Gasteiger partial charge < -0.3 is 34.3 Å². The Hall–Kier alpha value is -2.89. The number of carbonyl (C=O) groups is 2. The van der Waals surface area contributed by atoms with Gasteiger partial charge in [-0.3, -0.25) is 9.78 Å². The van der Waals surface area contributed by atoms with Gasteiger partial charge in [-0.05, 0) is 31.8 Å². The molecule has 2 aliphatic rings. The highest BCUT2D eigenvalue weighted by Crippen LogP contribution is 2.36. The molecule has 1 aromatic heterocycles. The molecule has 0 radical (unpaired) electrons. The van der Waals surface area contributed by atoms with E-state index in [1.165, 1.54) is 6.20 Å². The second kappa shape index (κ2) is 12.4. The molecule has 0 spiro atoms. The fourth-order valence-electron chi connectivity index (χ4n) is 4.50. The van der Waals surface area contributed by atoms with Crippen LogP contribution >= 0.6 is 0 Å². The highest BCUT2D eigenvalue weighted by molar-refractivity contribution is 5.89. The summed E-state index contributed by atoms with van der Waals surface area (Å²) in [4.78, 5) is 30.7. The fraction of sp³-hybridized carbons (Fsp3) is 0.500. The predicted octanol–water partition coefficient (Wildman–Crippen LogP) is 0.787. The van der Waals surface area contributed by atoms with Gasteiger partial charge in [-0.15, -0.1) is 0 Å². The van der Waals surface area contributed by atoms with E-state index in [9.17, 15) is 14.7 Å². The maximum absolute atomic E-state index is 12.9. The molecule has 1 aromatic carbocycles. The Morgan fingerprint density at radius 2 is 1.94 bits per heavy atom. The maximum atomic E-state index is 12.9. The molecule has 1 amide bonds. The van der Waals surface area contributed by atoms with Gasteiger partial charge in [0.25, 0.3) is 0 Å². The van der Waals surface area contributed by atoms with E-state index < -0.39 is 30.4 Å². The quantitative estimate of drug-likeness (QED) is 0.457. The third-order valence-corrected chi connectivity index (χ3v) is 6.17. The molecule has 1 unspecified atom stereocenters. The van der Waals surface area contributed by atoms with Gasteiger partial charge in [0, 0.05) is 25.4 Å². The van der Waals surface area contributed by atoms with Gasteiger partial charge in [-0.1, -0.05) is 30.3 Å². The molecular weight excluding hydrogens is 466 g/mol. The highest BCUT2D eigenvalue weighted by atomic mass is 16.6. The fourth-order valence-corrected chi connectivity index (χ4v) is 4.50. The largest absolute Gasteiger partial charge is 0.453 e. The number of nitrogens with one attached hydrogen (secondary N) is 1. The number of benzene rings is 1. The first-order chi connectivity index (χ1) is 17.4. The second-order valence-electron chi connectivity index (χ2n) is 9.27. The van der Waals surface area contributed by atoms with Crippen LogP contribution in [-0.2, 0) is 30.3 Å². The molecule has 4 rings (SSSR count). The van der Waals surface area contributed by atoms with Gasteiger partial charge in [0.1, 0.15) is 18.3 Å². The van der Waals surface area contributed by atoms with E-state index in [1.54, 1.807) is 23.2 Å². The zero-order valence-electron chi connectivity index (χ0n) is 20.5. The van der Waals surface area contributed by atoms with E-state index in [2.05, 4.69) is 10.3 Å². The number of esters is 1. The van der Waals surface area contributed by atoms with Gasteiger partial charge in [-0.2, -0.15) is 0 Å². The van der Waals surface area contributed by atoms with Crippen molar-refractivity contribution in [2.24, 2.45) is 0 Å². The average molecular weight is 500 g/mol. The summed E-state index contributed by atoms with van der Waals surface area (Å²) in [5, 5.41) is 13.0. The summed E-state index contributed by atoms with van der Waals surface area (Å²) in [7, 11) is 3.65. The predicted molar refractivity (Wildman–Crippen MR) is 129 cm³/mol. The molecule has 2 aliphatic heterocycles. The molecule has 2 fully saturated rings. The second-order valence-corrected chi connectivity index (χ2v) is 9.27. The topological polar surface area (TPSA) is 119 Å². The van der Waals surface area contributed by atoms with Crippen LogP contribution in [0, 0.1) is 0 Å². The Morgan fingerprint density at radius 1 is 1.14 bits per heavy atom. The number of pyridine rings is 1. The third kappa shape index (κ3) is 6.65. The number of aromatic nitrogens is 1. The average Bonchev–Trinajstić information content (AvgIpc) is 3.30. The number of carbonyl (C=O) groups excluding carboxylic acids is 2. The van der Waals surface area contributed by atoms with Crippen LogP contribution in [0.3, 0.4) is 0 Å². The summed E-state index contributed by atoms with van der Waals surface area (Å²) in [5.74, 6) is -0.694. The lowest BCUT2D eigenvalue weighted by molar-refractivity contribution is -0.233. The summed E-state index contributed by atoms with van der Waals surface area (Å²) in [6.45, 7) is 0.501. The van der Waals surface area contributed by atoms with E-state index in [0.29, 0.717) is 13.0 Å². The van der Waals surface area contributed by atoms with Crippen LogP contribution in [-0.4, -0.2) is 97.3 Å². The summed E-state index contributed by atoms with van der Waals surface area (Å²) in [6.07, 6.45) is -0.125. The number of aliphatic hydroxyl groups excluding tert-OH is 1. The van der Waals surface area contributed by atoms with Crippen molar-refractivity contribution in [3.05, 3.63) is 66.0 Å². The minimum atomic E-state index is -0.908. The van der Waals surface area contributed by atoms with Crippen molar-refractivity contribution in [3.63, 3.8) is 0 Å². The van der Waals surface area contributed by atoms with Crippen LogP contribution in [0.15, 0.2) is 54.9 Å². The van der Waals surface area contributed by atoms with Crippen LogP contribution in [0.5, 0.6) is 0 Å². The number of hydrogen-bond acceptors (Lipinski definition) is 9. The molecule has 6 atom stereocenters. The number of aliphatic hydroxyl groups is 1. The molecular formula is C26H33N3O7. The molecule has 3 heterocycles. The lowest BCUT2D eigenvalue weighted by Gasteiger charge is -2.42. The first-order valence-corrected chi connectivity index (χ1v) is 12.0. The molecule has 10 nitrogen and oxygen atoms in total. The first kappa shape index (κ1) is 26.2. The van der Waals surface area contributed by atoms with Gasteiger partial charge in [0.05, 0.1) is 37.5 Å². The Morgan fingerprint density at radius 3 is 2.64 bits per heavy atom. The number of hydrogen-bond donors (Lipinski definition) is 2. The number of nitrogens with zero attached hydrogens (tertiary/aromatic N) is 2. The Kier molecular flexibility index (Phi) is 9.00. The first-order valence-electron chi connectivity index (χ1n) is 12.0. The smallest absolute Gasteiger partial charge is 0.340 e. The van der Waals surface area contributed by atoms with Crippen molar-refractivity contribution in [3.8, 4) is 0 Å². The summed E-state index contributed by atoms with van der Waals surface area (Å²) >= 11 is 0. The maximum Gasteiger partial charge on any atom is 0.340 e. The van der Waals surface area contributed by atoms with Crippen molar-refractivity contribution in [1.29, 1.82) is 0 Å². The Balaban J connectivity index is 1.50. The van der Waals surface area contributed by atoms with Crippen LogP contribution in [0.4, 0.5) is 0 Å². The van der Waals surface area contributed by atoms with Gasteiger partial charge in [-0.25, -0.2) is 4.79 Å². The highest BCUT2D eigenvalue weighted by Gasteiger charge is 2.53. The lowest BCUT2D eigenvalue weighted by Crippen LogP contribution is -2.59. The van der Waals surface area contributed by atoms with Crippen LogP contribution < -0.4 is 5.32 Å². The lowest BCUT2D eigenvalue weighted by atomic mass is 9.94. The van der Waals surface area contributed by atoms with Crippen molar-refractivity contribution >= 4 is 11.9 Å². The van der Waals surface area contributed by atoms with Gasteiger partial charge in [0.2, 0.25) is 5.91 Å². The van der Waals surface area contributed by atoms with Crippen molar-refractivity contribution in [1.82, 2.24) is 15.2 Å². The van der Waals surface area contributed by atoms with E-state index in [0.717, 1.165) is 5.56 Å². The SMILES string of the molecule is CN(C)CC(=O)NCC1C[C@H]2O[C@H](CO)[C@@H](OC(=O)c3cccnc3)[C@H](OCc3ccccc3)[C@H]2O1. The zero-order chi connectivity index (χ0) is 25.5. The molecule has 194 valence electrons. The van der Waals surface area contributed by atoms with Gasteiger partial charge >= 0.3 is 5.97 Å². The van der Waals surface area contributed by atoms with Crippen LogP contribution in [0.25, 0.3) is 0 Å². The van der Waals surface area contributed by atoms with Crippen LogP contribution in [0.2, 0.25) is 0 Å². The summed E-state index contributed by atoms with van der Waals surface area (Å²) in [6, 6.07) is 12.9. The number of amides is 1. The normalized spacial score (nSPS) is 27.4. The van der Waals surface area contributed by atoms with E-state index >= 15 is 0 Å². The number of fused-ring (bicyclic) bond motifs is 1. The van der Waals surface area contributed by atoms with Crippen molar-refractivity contribution in [2.45, 2.75) is 49.7 Å². The molecule has 2 N–H and O–H groups in total.